The van der Waals surface area contributed by atoms with Crippen molar-refractivity contribution in [1.29, 1.82) is 0 Å². The van der Waals surface area contributed by atoms with Gasteiger partial charge in [-0.2, -0.15) is 13.2 Å². The minimum atomic E-state index is -4.84. The third-order valence-electron chi connectivity index (χ3n) is 5.43. The maximum atomic E-state index is 13.8. The van der Waals surface area contributed by atoms with E-state index in [4.69, 9.17) is 16.3 Å². The highest BCUT2D eigenvalue weighted by Crippen LogP contribution is 2.32. The molecule has 194 valence electrons. The van der Waals surface area contributed by atoms with Crippen LogP contribution in [-0.4, -0.2) is 24.3 Å². The van der Waals surface area contributed by atoms with E-state index in [1.54, 1.807) is 6.07 Å². The molecule has 0 aliphatic heterocycles. The van der Waals surface area contributed by atoms with Crippen LogP contribution in [0.5, 0.6) is 5.75 Å². The summed E-state index contributed by atoms with van der Waals surface area (Å²) in [4.78, 5) is 26.5. The smallest absolute Gasteiger partial charge is 0.416 e. The van der Waals surface area contributed by atoms with Crippen LogP contribution in [0.4, 0.5) is 23.2 Å². The number of benzene rings is 3. The number of anilines is 1. The summed E-state index contributed by atoms with van der Waals surface area (Å²) < 4.78 is 62.0. The largest absolute Gasteiger partial charge is 0.483 e. The number of halogens is 5. The molecule has 0 unspecified atom stereocenters. The molecule has 3 aromatic rings. The van der Waals surface area contributed by atoms with Gasteiger partial charge in [0.2, 0.25) is 0 Å². The zero-order valence-corrected chi connectivity index (χ0v) is 21.0. The molecular formula is C26H21ClF4N2O3S. The molecule has 2 N–H and O–H groups in total. The lowest BCUT2D eigenvalue weighted by atomic mass is 10.00. The molecule has 0 heterocycles. The molecule has 0 saturated heterocycles. The van der Waals surface area contributed by atoms with E-state index in [0.717, 1.165) is 23.3 Å². The fourth-order valence-electron chi connectivity index (χ4n) is 3.37. The van der Waals surface area contributed by atoms with Crippen molar-refractivity contribution in [3.05, 3.63) is 87.7 Å². The van der Waals surface area contributed by atoms with E-state index in [0.29, 0.717) is 29.9 Å². The van der Waals surface area contributed by atoms with Crippen LogP contribution < -0.4 is 14.8 Å². The van der Waals surface area contributed by atoms with Crippen LogP contribution in [0.15, 0.2) is 59.5 Å². The van der Waals surface area contributed by atoms with Gasteiger partial charge in [-0.15, -0.1) is 0 Å². The summed E-state index contributed by atoms with van der Waals surface area (Å²) in [5.41, 5.74) is -0.627. The number of ketones is 1. The van der Waals surface area contributed by atoms with Crippen LogP contribution >= 0.6 is 23.5 Å². The molecule has 37 heavy (non-hydrogen) atoms. The molecule has 5 nitrogen and oxygen atoms in total. The predicted octanol–water partition coefficient (Wildman–Crippen LogP) is 6.81. The molecule has 11 heteroatoms. The molecule has 1 saturated carbocycles. The van der Waals surface area contributed by atoms with Gasteiger partial charge in [-0.3, -0.25) is 14.3 Å². The first-order chi connectivity index (χ1) is 17.5. The Balaban J connectivity index is 1.45. The molecular weight excluding hydrogens is 532 g/mol. The minimum Gasteiger partial charge on any atom is -0.483 e. The van der Waals surface area contributed by atoms with E-state index >= 15 is 0 Å². The molecule has 0 spiro atoms. The summed E-state index contributed by atoms with van der Waals surface area (Å²) in [6.45, 7) is 1.36. The van der Waals surface area contributed by atoms with Crippen molar-refractivity contribution in [3.8, 4) is 5.75 Å². The monoisotopic (exact) mass is 552 g/mol. The van der Waals surface area contributed by atoms with E-state index in [1.807, 2.05) is 19.1 Å². The molecule has 1 fully saturated rings. The van der Waals surface area contributed by atoms with Gasteiger partial charge in [0.05, 0.1) is 11.1 Å². The van der Waals surface area contributed by atoms with Crippen molar-refractivity contribution in [2.75, 3.05) is 11.9 Å². The molecule has 4 rings (SSSR count). The van der Waals surface area contributed by atoms with Crippen molar-refractivity contribution in [1.82, 2.24) is 4.72 Å². The predicted molar refractivity (Wildman–Crippen MR) is 134 cm³/mol. The topological polar surface area (TPSA) is 67.4 Å². The van der Waals surface area contributed by atoms with Gasteiger partial charge in [-0.1, -0.05) is 11.6 Å². The SMILES string of the molecule is Cc1cc(SNC2CC2)ccc1NC(=O)COc1ccc(Cl)cc1C(=O)c1cc(F)cc(C(F)(F)F)c1. The summed E-state index contributed by atoms with van der Waals surface area (Å²) in [7, 11) is 0. The van der Waals surface area contributed by atoms with Gasteiger partial charge >= 0.3 is 6.18 Å². The van der Waals surface area contributed by atoms with E-state index < -0.39 is 41.4 Å². The van der Waals surface area contributed by atoms with E-state index in [9.17, 15) is 27.2 Å². The quantitative estimate of drug-likeness (QED) is 0.173. The van der Waals surface area contributed by atoms with Gasteiger partial charge in [0, 0.05) is 27.2 Å². The molecule has 1 amide bonds. The first-order valence-electron chi connectivity index (χ1n) is 11.2. The van der Waals surface area contributed by atoms with Crippen LogP contribution in [0, 0.1) is 12.7 Å². The summed E-state index contributed by atoms with van der Waals surface area (Å²) >= 11 is 7.51. The summed E-state index contributed by atoms with van der Waals surface area (Å²) in [5.74, 6) is -2.76. The Kier molecular flexibility index (Phi) is 8.11. The molecule has 1 aliphatic carbocycles. The molecule has 1 aliphatic rings. The number of amides is 1. The number of carbonyl (C=O) groups is 2. The molecule has 0 aromatic heterocycles. The highest BCUT2D eigenvalue weighted by atomic mass is 35.5. The molecule has 0 bridgehead atoms. The Labute approximate surface area is 219 Å². The number of rotatable bonds is 9. The third-order valence-corrected chi connectivity index (χ3v) is 6.60. The maximum Gasteiger partial charge on any atom is 0.416 e. The summed E-state index contributed by atoms with van der Waals surface area (Å²) in [6, 6.07) is 11.6. The van der Waals surface area contributed by atoms with Gasteiger partial charge in [0.1, 0.15) is 11.6 Å². The van der Waals surface area contributed by atoms with Crippen LogP contribution in [0.2, 0.25) is 5.02 Å². The summed E-state index contributed by atoms with van der Waals surface area (Å²) in [5, 5.41) is 2.84. The second-order valence-electron chi connectivity index (χ2n) is 8.50. The van der Waals surface area contributed by atoms with E-state index in [-0.39, 0.29) is 16.3 Å². The zero-order chi connectivity index (χ0) is 26.7. The lowest BCUT2D eigenvalue weighted by Gasteiger charge is -2.14. The molecule has 0 radical (unpaired) electrons. The Hall–Kier alpha value is -3.08. The van der Waals surface area contributed by atoms with Crippen molar-refractivity contribution >= 4 is 40.9 Å². The van der Waals surface area contributed by atoms with Crippen molar-refractivity contribution in [2.24, 2.45) is 0 Å². The second-order valence-corrected chi connectivity index (χ2v) is 9.85. The minimum absolute atomic E-state index is 0.0861. The first kappa shape index (κ1) is 27.0. The normalized spacial score (nSPS) is 13.4. The van der Waals surface area contributed by atoms with Crippen molar-refractivity contribution < 1.29 is 31.9 Å². The summed E-state index contributed by atoms with van der Waals surface area (Å²) in [6.07, 6.45) is -2.51. The van der Waals surface area contributed by atoms with E-state index in [2.05, 4.69) is 10.0 Å². The first-order valence-corrected chi connectivity index (χ1v) is 12.4. The Morgan fingerprint density at radius 2 is 1.84 bits per heavy atom. The number of carbonyl (C=O) groups excluding carboxylic acids is 2. The number of nitrogens with one attached hydrogen (secondary N) is 2. The number of ether oxygens (including phenoxy) is 1. The Morgan fingerprint density at radius 1 is 1.08 bits per heavy atom. The van der Waals surface area contributed by atoms with Gasteiger partial charge in [-0.05, 0) is 91.9 Å². The van der Waals surface area contributed by atoms with Crippen molar-refractivity contribution in [3.63, 3.8) is 0 Å². The number of hydrogen-bond donors (Lipinski definition) is 2. The van der Waals surface area contributed by atoms with E-state index in [1.165, 1.54) is 30.1 Å². The third kappa shape index (κ3) is 7.24. The average molecular weight is 553 g/mol. The maximum absolute atomic E-state index is 13.8. The van der Waals surface area contributed by atoms with Crippen LogP contribution in [0.25, 0.3) is 0 Å². The Morgan fingerprint density at radius 3 is 2.51 bits per heavy atom. The average Bonchev–Trinajstić information content (AvgIpc) is 3.66. The van der Waals surface area contributed by atoms with Gasteiger partial charge < -0.3 is 10.1 Å². The highest BCUT2D eigenvalue weighted by molar-refractivity contribution is 7.97. The lowest BCUT2D eigenvalue weighted by molar-refractivity contribution is -0.137. The standard InChI is InChI=1S/C26H21ClF4N2O3S/c1-14-8-20(37-33-19-3-4-19)5-6-22(14)32-24(34)13-36-23-7-2-17(27)12-21(23)25(35)15-9-16(26(29,30)31)11-18(28)10-15/h2,5-12,19,33H,3-4,13H2,1H3,(H,32,34). The van der Waals surface area contributed by atoms with Gasteiger partial charge in [0.25, 0.3) is 5.91 Å². The number of hydrogen-bond acceptors (Lipinski definition) is 5. The molecule has 3 aromatic carbocycles. The van der Waals surface area contributed by atoms with Crippen molar-refractivity contribution in [2.45, 2.75) is 36.9 Å². The number of aryl methyl sites for hydroxylation is 1. The van der Waals surface area contributed by atoms with Crippen LogP contribution in [-0.2, 0) is 11.0 Å². The van der Waals surface area contributed by atoms with Crippen LogP contribution in [0.3, 0.4) is 0 Å². The number of alkyl halides is 3. The van der Waals surface area contributed by atoms with Gasteiger partial charge in [-0.25, -0.2) is 4.39 Å². The van der Waals surface area contributed by atoms with Crippen LogP contribution in [0.1, 0.15) is 39.9 Å². The second kappa shape index (κ2) is 11.1. The fraction of sp³-hybridized carbons (Fsp3) is 0.231. The Bertz CT molecular complexity index is 1350. The molecule has 0 atom stereocenters. The lowest BCUT2D eigenvalue weighted by Crippen LogP contribution is -2.21. The fourth-order valence-corrected chi connectivity index (χ4v) is 4.45. The van der Waals surface area contributed by atoms with Gasteiger partial charge in [0.15, 0.2) is 12.4 Å². The highest BCUT2D eigenvalue weighted by Gasteiger charge is 2.32. The zero-order valence-electron chi connectivity index (χ0n) is 19.4.